The van der Waals surface area contributed by atoms with Crippen molar-refractivity contribution in [2.45, 2.75) is 6.92 Å². The number of methoxy groups -OCH3 is 1. The van der Waals surface area contributed by atoms with Gasteiger partial charge in [-0.25, -0.2) is 4.98 Å². The van der Waals surface area contributed by atoms with Gasteiger partial charge in [0.1, 0.15) is 17.1 Å². The first-order chi connectivity index (χ1) is 15.4. The van der Waals surface area contributed by atoms with Gasteiger partial charge in [-0.05, 0) is 67.1 Å². The van der Waals surface area contributed by atoms with Gasteiger partial charge in [-0.3, -0.25) is 14.9 Å². The van der Waals surface area contributed by atoms with E-state index >= 15 is 0 Å². The summed E-state index contributed by atoms with van der Waals surface area (Å²) in [5, 5.41) is 18.1. The summed E-state index contributed by atoms with van der Waals surface area (Å²) in [5.74, 6) is 0.922. The molecule has 0 atom stereocenters. The summed E-state index contributed by atoms with van der Waals surface area (Å²) in [5.41, 5.74) is 2.90. The zero-order valence-corrected chi connectivity index (χ0v) is 17.5. The van der Waals surface area contributed by atoms with E-state index in [0.29, 0.717) is 11.5 Å². The molecule has 0 saturated heterocycles. The Labute approximate surface area is 184 Å². The van der Waals surface area contributed by atoms with Crippen LogP contribution in [0.1, 0.15) is 15.9 Å². The average molecular weight is 428 g/mol. The molecule has 1 heterocycles. The van der Waals surface area contributed by atoms with E-state index in [0.717, 1.165) is 27.9 Å². The minimum atomic E-state index is -0.569. The molecule has 160 valence electrons. The lowest BCUT2D eigenvalue weighted by Gasteiger charge is -2.11. The summed E-state index contributed by atoms with van der Waals surface area (Å²) in [6.45, 7) is 1.96. The number of anilines is 3. The van der Waals surface area contributed by atoms with Crippen molar-refractivity contribution < 1.29 is 14.5 Å². The second-order valence-corrected chi connectivity index (χ2v) is 7.14. The molecular weight excluding hydrogens is 408 g/mol. The second-order valence-electron chi connectivity index (χ2n) is 7.14. The number of para-hydroxylation sites is 1. The van der Waals surface area contributed by atoms with Crippen molar-refractivity contribution in [3.8, 4) is 5.75 Å². The number of nitro groups is 1. The van der Waals surface area contributed by atoms with E-state index in [1.807, 2.05) is 43.3 Å². The van der Waals surface area contributed by atoms with E-state index < -0.39 is 10.8 Å². The van der Waals surface area contributed by atoms with E-state index in [4.69, 9.17) is 4.74 Å². The van der Waals surface area contributed by atoms with Crippen molar-refractivity contribution in [1.29, 1.82) is 0 Å². The number of rotatable bonds is 6. The van der Waals surface area contributed by atoms with Crippen LogP contribution in [-0.2, 0) is 0 Å². The predicted molar refractivity (Wildman–Crippen MR) is 124 cm³/mol. The van der Waals surface area contributed by atoms with Gasteiger partial charge in [-0.1, -0.05) is 12.1 Å². The normalized spacial score (nSPS) is 10.6. The van der Waals surface area contributed by atoms with Crippen molar-refractivity contribution in [3.05, 3.63) is 94.0 Å². The summed E-state index contributed by atoms with van der Waals surface area (Å²) in [4.78, 5) is 27.9. The van der Waals surface area contributed by atoms with E-state index in [-0.39, 0.29) is 11.3 Å². The Kier molecular flexibility index (Phi) is 5.67. The van der Waals surface area contributed by atoms with Gasteiger partial charge in [0.15, 0.2) is 0 Å². The van der Waals surface area contributed by atoms with Gasteiger partial charge in [0, 0.05) is 22.8 Å². The first-order valence-corrected chi connectivity index (χ1v) is 9.82. The second kappa shape index (κ2) is 8.73. The fourth-order valence-corrected chi connectivity index (χ4v) is 3.38. The fourth-order valence-electron chi connectivity index (χ4n) is 3.38. The number of carbonyl (C=O) groups is 1. The maximum Gasteiger partial charge on any atom is 0.282 e. The van der Waals surface area contributed by atoms with Gasteiger partial charge >= 0.3 is 0 Å². The quantitative estimate of drug-likeness (QED) is 0.312. The van der Waals surface area contributed by atoms with E-state index in [9.17, 15) is 14.9 Å². The highest BCUT2D eigenvalue weighted by Crippen LogP contribution is 2.27. The fraction of sp³-hybridized carbons (Fsp3) is 0.0833. The van der Waals surface area contributed by atoms with Gasteiger partial charge in [0.05, 0.1) is 17.5 Å². The smallest absolute Gasteiger partial charge is 0.282 e. The maximum atomic E-state index is 12.6. The Balaban J connectivity index is 1.58. The number of nitro benzene ring substituents is 1. The number of aryl methyl sites for hydroxylation is 1. The van der Waals surface area contributed by atoms with E-state index in [1.165, 1.54) is 18.2 Å². The summed E-state index contributed by atoms with van der Waals surface area (Å²) in [7, 11) is 1.62. The van der Waals surface area contributed by atoms with Gasteiger partial charge < -0.3 is 15.4 Å². The lowest BCUT2D eigenvalue weighted by atomic mass is 10.1. The third-order valence-electron chi connectivity index (χ3n) is 4.98. The molecule has 0 unspecified atom stereocenters. The number of nitrogens with one attached hydrogen (secondary N) is 2. The number of benzene rings is 3. The predicted octanol–water partition coefficient (Wildman–Crippen LogP) is 5.46. The molecule has 3 aromatic carbocycles. The van der Waals surface area contributed by atoms with Crippen LogP contribution in [0.2, 0.25) is 0 Å². The number of pyridine rings is 1. The molecule has 0 spiro atoms. The number of hydrogen-bond donors (Lipinski definition) is 2. The summed E-state index contributed by atoms with van der Waals surface area (Å²) in [6.07, 6.45) is 0. The van der Waals surface area contributed by atoms with Crippen molar-refractivity contribution >= 4 is 39.7 Å². The SMILES string of the molecule is COc1ccc(Nc2cc(C)c3cc(NC(=O)c4ccccc4[N+](=O)[O-])ccc3n2)cc1. The Morgan fingerprint density at radius 1 is 1.00 bits per heavy atom. The first kappa shape index (κ1) is 20.8. The Morgan fingerprint density at radius 2 is 1.72 bits per heavy atom. The molecule has 1 amide bonds. The molecule has 4 aromatic rings. The first-order valence-electron chi connectivity index (χ1n) is 9.82. The van der Waals surface area contributed by atoms with Gasteiger partial charge in [0.2, 0.25) is 0 Å². The molecule has 0 fully saturated rings. The number of ether oxygens (including phenoxy) is 1. The zero-order chi connectivity index (χ0) is 22.7. The molecule has 32 heavy (non-hydrogen) atoms. The molecule has 0 bridgehead atoms. The maximum absolute atomic E-state index is 12.6. The standard InChI is InChI=1S/C24H20N4O4/c1-15-13-23(25-16-7-10-18(32-2)11-8-16)27-21-12-9-17(14-20(15)21)26-24(29)19-5-3-4-6-22(19)28(30)31/h3-14H,1-2H3,(H,25,27)(H,26,29). The molecule has 8 heteroatoms. The number of hydrogen-bond acceptors (Lipinski definition) is 6. The average Bonchev–Trinajstić information content (AvgIpc) is 2.80. The van der Waals surface area contributed by atoms with Crippen molar-refractivity contribution in [3.63, 3.8) is 0 Å². The summed E-state index contributed by atoms with van der Waals surface area (Å²) >= 11 is 0. The minimum absolute atomic E-state index is 0.00600. The molecule has 4 rings (SSSR count). The van der Waals surface area contributed by atoms with Crippen LogP contribution in [0.5, 0.6) is 5.75 Å². The van der Waals surface area contributed by atoms with Crippen LogP contribution < -0.4 is 15.4 Å². The zero-order valence-electron chi connectivity index (χ0n) is 17.5. The number of carbonyl (C=O) groups excluding carboxylic acids is 1. The van der Waals surface area contributed by atoms with Gasteiger partial charge in [0.25, 0.3) is 11.6 Å². The van der Waals surface area contributed by atoms with Crippen LogP contribution in [0.3, 0.4) is 0 Å². The van der Waals surface area contributed by atoms with Crippen LogP contribution in [0.25, 0.3) is 10.9 Å². The Hall–Kier alpha value is -4.46. The number of nitrogens with zero attached hydrogens (tertiary/aromatic N) is 2. The monoisotopic (exact) mass is 428 g/mol. The number of aromatic nitrogens is 1. The molecule has 0 aliphatic carbocycles. The van der Waals surface area contributed by atoms with Gasteiger partial charge in [-0.2, -0.15) is 0 Å². The molecule has 1 aromatic heterocycles. The van der Waals surface area contributed by atoms with Crippen LogP contribution in [0.15, 0.2) is 72.8 Å². The van der Waals surface area contributed by atoms with Crippen molar-refractivity contribution in [1.82, 2.24) is 4.98 Å². The van der Waals surface area contributed by atoms with Crippen LogP contribution in [-0.4, -0.2) is 22.9 Å². The topological polar surface area (TPSA) is 106 Å². The molecule has 8 nitrogen and oxygen atoms in total. The van der Waals surface area contributed by atoms with Gasteiger partial charge in [-0.15, -0.1) is 0 Å². The summed E-state index contributed by atoms with van der Waals surface area (Å²) in [6, 6.07) is 20.6. The Morgan fingerprint density at radius 3 is 2.44 bits per heavy atom. The van der Waals surface area contributed by atoms with Crippen molar-refractivity contribution in [2.75, 3.05) is 17.7 Å². The highest BCUT2D eigenvalue weighted by molar-refractivity contribution is 6.07. The highest BCUT2D eigenvalue weighted by Gasteiger charge is 2.19. The lowest BCUT2D eigenvalue weighted by molar-refractivity contribution is -0.385. The molecular formula is C24H20N4O4. The van der Waals surface area contributed by atoms with E-state index in [2.05, 4.69) is 15.6 Å². The number of fused-ring (bicyclic) bond motifs is 1. The minimum Gasteiger partial charge on any atom is -0.497 e. The molecule has 0 saturated carbocycles. The third kappa shape index (κ3) is 4.34. The largest absolute Gasteiger partial charge is 0.497 e. The van der Waals surface area contributed by atoms with Crippen LogP contribution in [0, 0.1) is 17.0 Å². The highest BCUT2D eigenvalue weighted by atomic mass is 16.6. The van der Waals surface area contributed by atoms with Crippen molar-refractivity contribution in [2.24, 2.45) is 0 Å². The molecule has 0 radical (unpaired) electrons. The molecule has 2 N–H and O–H groups in total. The lowest BCUT2D eigenvalue weighted by Crippen LogP contribution is -2.13. The summed E-state index contributed by atoms with van der Waals surface area (Å²) < 4.78 is 5.17. The third-order valence-corrected chi connectivity index (χ3v) is 4.98. The van der Waals surface area contributed by atoms with E-state index in [1.54, 1.807) is 25.3 Å². The Bertz CT molecular complexity index is 1320. The molecule has 0 aliphatic heterocycles. The number of amides is 1. The van der Waals surface area contributed by atoms with Crippen LogP contribution in [0.4, 0.5) is 22.9 Å². The van der Waals surface area contributed by atoms with Crippen LogP contribution >= 0.6 is 0 Å². The molecule has 0 aliphatic rings.